The van der Waals surface area contributed by atoms with E-state index in [9.17, 15) is 4.79 Å². The summed E-state index contributed by atoms with van der Waals surface area (Å²) in [6.07, 6.45) is 5.45. The van der Waals surface area contributed by atoms with Crippen LogP contribution in [0.1, 0.15) is 18.4 Å². The van der Waals surface area contributed by atoms with Crippen LogP contribution in [-0.4, -0.2) is 33.7 Å². The lowest BCUT2D eigenvalue weighted by Gasteiger charge is -2.33. The van der Waals surface area contributed by atoms with Crippen LogP contribution >= 0.6 is 0 Å². The molecule has 0 bridgehead atoms. The molecule has 1 fully saturated rings. The van der Waals surface area contributed by atoms with Gasteiger partial charge in [-0.2, -0.15) is 0 Å². The maximum absolute atomic E-state index is 12.6. The van der Waals surface area contributed by atoms with E-state index in [-0.39, 0.29) is 5.56 Å². The molecule has 134 valence electrons. The number of aromatic nitrogens is 3. The number of fused-ring (bicyclic) bond motifs is 1. The zero-order valence-electron chi connectivity index (χ0n) is 14.9. The van der Waals surface area contributed by atoms with Gasteiger partial charge >= 0.3 is 0 Å². The highest BCUT2D eigenvalue weighted by Gasteiger charge is 2.20. The van der Waals surface area contributed by atoms with Crippen molar-refractivity contribution in [2.24, 2.45) is 7.05 Å². The van der Waals surface area contributed by atoms with Crippen LogP contribution in [0, 0.1) is 0 Å². The summed E-state index contributed by atoms with van der Waals surface area (Å²) in [5, 5.41) is 4.67. The minimum absolute atomic E-state index is 0.0784. The highest BCUT2D eigenvalue weighted by Crippen LogP contribution is 2.17. The number of piperidine rings is 1. The number of hydrogen-bond acceptors (Lipinski definition) is 5. The van der Waals surface area contributed by atoms with Crippen molar-refractivity contribution >= 4 is 16.7 Å². The number of nitrogens with one attached hydrogen (secondary N) is 1. The summed E-state index contributed by atoms with van der Waals surface area (Å²) in [6.45, 7) is 2.53. The highest BCUT2D eigenvalue weighted by atomic mass is 16.1. The van der Waals surface area contributed by atoms with Gasteiger partial charge in [-0.25, -0.2) is 9.97 Å². The lowest BCUT2D eigenvalue weighted by molar-refractivity contribution is 0.411. The first-order valence-electron chi connectivity index (χ1n) is 9.04. The van der Waals surface area contributed by atoms with Crippen molar-refractivity contribution in [1.29, 1.82) is 0 Å². The summed E-state index contributed by atoms with van der Waals surface area (Å²) in [7, 11) is 1.84. The summed E-state index contributed by atoms with van der Waals surface area (Å²) in [5.41, 5.74) is 1.87. The van der Waals surface area contributed by atoms with Crippen LogP contribution in [0.25, 0.3) is 10.9 Å². The van der Waals surface area contributed by atoms with Crippen molar-refractivity contribution in [2.45, 2.75) is 25.4 Å². The molecule has 0 aliphatic carbocycles. The summed E-state index contributed by atoms with van der Waals surface area (Å²) in [4.78, 5) is 23.2. The van der Waals surface area contributed by atoms with Crippen LogP contribution in [0.4, 0.5) is 5.82 Å². The molecule has 6 heteroatoms. The number of aryl methyl sites for hydroxylation is 1. The quantitative estimate of drug-likeness (QED) is 0.781. The molecule has 4 rings (SSSR count). The molecule has 1 aromatic carbocycles. The Labute approximate surface area is 152 Å². The molecule has 6 nitrogen and oxygen atoms in total. The molecular weight excluding hydrogens is 326 g/mol. The van der Waals surface area contributed by atoms with E-state index in [0.29, 0.717) is 12.6 Å². The van der Waals surface area contributed by atoms with Gasteiger partial charge in [0.2, 0.25) is 0 Å². The number of benzene rings is 1. The maximum Gasteiger partial charge on any atom is 0.255 e. The lowest BCUT2D eigenvalue weighted by atomic mass is 10.0. The summed E-state index contributed by atoms with van der Waals surface area (Å²) >= 11 is 0. The molecule has 0 unspecified atom stereocenters. The molecule has 1 N–H and O–H groups in total. The van der Waals surface area contributed by atoms with Crippen LogP contribution in [0.15, 0.2) is 53.7 Å². The van der Waals surface area contributed by atoms with Crippen LogP contribution in [0.3, 0.4) is 0 Å². The van der Waals surface area contributed by atoms with Gasteiger partial charge in [0.05, 0.1) is 5.52 Å². The standard InChI is InChI=1S/C20H23N5O/c1-24-18-5-3-2-4-15(18)12-16(20(24)26)13-22-17-7-10-25(11-8-17)19-6-9-21-14-23-19/h2-6,9,12,14,17,22H,7-8,10-11,13H2,1H3. The Hall–Kier alpha value is -2.73. The Morgan fingerprint density at radius 2 is 2.00 bits per heavy atom. The lowest BCUT2D eigenvalue weighted by Crippen LogP contribution is -2.43. The number of nitrogens with zero attached hydrogens (tertiary/aromatic N) is 4. The second-order valence-corrected chi connectivity index (χ2v) is 6.80. The normalized spacial score (nSPS) is 15.5. The van der Waals surface area contributed by atoms with Crippen molar-refractivity contribution in [3.05, 3.63) is 64.8 Å². The SMILES string of the molecule is Cn1c(=O)c(CNC2CCN(c3ccncn3)CC2)cc2ccccc21. The molecule has 3 heterocycles. The van der Waals surface area contributed by atoms with E-state index < -0.39 is 0 Å². The van der Waals surface area contributed by atoms with E-state index in [1.165, 1.54) is 0 Å². The van der Waals surface area contributed by atoms with Crippen molar-refractivity contribution < 1.29 is 0 Å². The fraction of sp³-hybridized carbons (Fsp3) is 0.350. The molecule has 0 spiro atoms. The molecule has 0 radical (unpaired) electrons. The average Bonchev–Trinajstić information content (AvgIpc) is 2.71. The van der Waals surface area contributed by atoms with Gasteiger partial charge in [0, 0.05) is 44.5 Å². The molecule has 3 aromatic rings. The van der Waals surface area contributed by atoms with Gasteiger partial charge in [0.1, 0.15) is 12.1 Å². The Morgan fingerprint density at radius 3 is 2.77 bits per heavy atom. The minimum atomic E-state index is 0.0784. The van der Waals surface area contributed by atoms with E-state index in [0.717, 1.165) is 48.2 Å². The van der Waals surface area contributed by atoms with Gasteiger partial charge in [0.25, 0.3) is 5.56 Å². The Morgan fingerprint density at radius 1 is 1.19 bits per heavy atom. The highest BCUT2D eigenvalue weighted by molar-refractivity contribution is 5.79. The first-order chi connectivity index (χ1) is 12.7. The Kier molecular flexibility index (Phi) is 4.67. The van der Waals surface area contributed by atoms with Crippen molar-refractivity contribution in [3.63, 3.8) is 0 Å². The Balaban J connectivity index is 1.40. The molecule has 1 saturated heterocycles. The Bertz CT molecular complexity index is 945. The third-order valence-corrected chi connectivity index (χ3v) is 5.17. The van der Waals surface area contributed by atoms with Crippen LogP contribution in [0.2, 0.25) is 0 Å². The molecule has 0 amide bonds. The average molecular weight is 349 g/mol. The van der Waals surface area contributed by atoms with Crippen LogP contribution in [0.5, 0.6) is 0 Å². The second-order valence-electron chi connectivity index (χ2n) is 6.80. The fourth-order valence-corrected chi connectivity index (χ4v) is 3.65. The first-order valence-corrected chi connectivity index (χ1v) is 9.04. The fourth-order valence-electron chi connectivity index (χ4n) is 3.65. The molecule has 0 saturated carbocycles. The maximum atomic E-state index is 12.6. The molecule has 26 heavy (non-hydrogen) atoms. The molecule has 1 aliphatic rings. The number of rotatable bonds is 4. The van der Waals surface area contributed by atoms with Gasteiger partial charge in [-0.1, -0.05) is 18.2 Å². The van der Waals surface area contributed by atoms with Gasteiger partial charge < -0.3 is 14.8 Å². The van der Waals surface area contributed by atoms with Crippen LogP contribution < -0.4 is 15.8 Å². The largest absolute Gasteiger partial charge is 0.356 e. The zero-order chi connectivity index (χ0) is 17.9. The zero-order valence-corrected chi connectivity index (χ0v) is 14.9. The van der Waals surface area contributed by atoms with Crippen molar-refractivity contribution in [2.75, 3.05) is 18.0 Å². The van der Waals surface area contributed by atoms with Crippen molar-refractivity contribution in [1.82, 2.24) is 19.9 Å². The van der Waals surface area contributed by atoms with Gasteiger partial charge in [-0.15, -0.1) is 0 Å². The number of para-hydroxylation sites is 1. The predicted octanol–water partition coefficient (Wildman–Crippen LogP) is 2.09. The van der Waals surface area contributed by atoms with Gasteiger partial charge in [-0.05, 0) is 36.4 Å². The van der Waals surface area contributed by atoms with E-state index in [2.05, 4.69) is 26.3 Å². The van der Waals surface area contributed by atoms with Crippen LogP contribution in [-0.2, 0) is 13.6 Å². The number of pyridine rings is 1. The summed E-state index contributed by atoms with van der Waals surface area (Å²) in [5.74, 6) is 0.988. The smallest absolute Gasteiger partial charge is 0.255 e. The third kappa shape index (κ3) is 3.32. The first kappa shape index (κ1) is 16.7. The van der Waals surface area contributed by atoms with Gasteiger partial charge in [0.15, 0.2) is 0 Å². The van der Waals surface area contributed by atoms with E-state index >= 15 is 0 Å². The molecule has 2 aromatic heterocycles. The molecular formula is C20H23N5O. The monoisotopic (exact) mass is 349 g/mol. The van der Waals surface area contributed by atoms with E-state index in [1.807, 2.05) is 37.4 Å². The minimum Gasteiger partial charge on any atom is -0.356 e. The van der Waals surface area contributed by atoms with Crippen molar-refractivity contribution in [3.8, 4) is 0 Å². The van der Waals surface area contributed by atoms with E-state index in [4.69, 9.17) is 0 Å². The predicted molar refractivity (Wildman–Crippen MR) is 103 cm³/mol. The van der Waals surface area contributed by atoms with Gasteiger partial charge in [-0.3, -0.25) is 4.79 Å². The second kappa shape index (κ2) is 7.25. The molecule has 1 aliphatic heterocycles. The topological polar surface area (TPSA) is 63.1 Å². The summed E-state index contributed by atoms with van der Waals surface area (Å²) < 4.78 is 1.74. The van der Waals surface area contributed by atoms with E-state index in [1.54, 1.807) is 17.1 Å². The molecule has 0 atom stereocenters. The summed E-state index contributed by atoms with van der Waals surface area (Å²) in [6, 6.07) is 12.4. The number of hydrogen-bond donors (Lipinski definition) is 1. The third-order valence-electron chi connectivity index (χ3n) is 5.17. The number of anilines is 1.